The lowest BCUT2D eigenvalue weighted by molar-refractivity contribution is 0.102. The van der Waals surface area contributed by atoms with Crippen LogP contribution in [0.15, 0.2) is 23.2 Å². The van der Waals surface area contributed by atoms with Gasteiger partial charge in [-0.15, -0.1) is 5.10 Å². The zero-order valence-electron chi connectivity index (χ0n) is 8.80. The molecule has 1 amide bonds. The third-order valence-electron chi connectivity index (χ3n) is 1.92. The van der Waals surface area contributed by atoms with Gasteiger partial charge in [-0.25, -0.2) is 0 Å². The molecular formula is C9H10N4O3. The lowest BCUT2D eigenvalue weighted by Gasteiger charge is -2.00. The van der Waals surface area contributed by atoms with E-state index in [-0.39, 0.29) is 11.8 Å². The summed E-state index contributed by atoms with van der Waals surface area (Å²) in [6.45, 7) is 0. The summed E-state index contributed by atoms with van der Waals surface area (Å²) in [6, 6.07) is 0. The van der Waals surface area contributed by atoms with Gasteiger partial charge in [0.1, 0.15) is 17.5 Å². The van der Waals surface area contributed by atoms with Crippen LogP contribution in [-0.4, -0.2) is 28.0 Å². The van der Waals surface area contributed by atoms with Gasteiger partial charge < -0.3 is 14.6 Å². The maximum Gasteiger partial charge on any atom is 0.262 e. The van der Waals surface area contributed by atoms with Crippen molar-refractivity contribution in [2.24, 2.45) is 7.05 Å². The fourth-order valence-electron chi connectivity index (χ4n) is 1.24. The molecule has 2 aromatic heterocycles. The zero-order valence-corrected chi connectivity index (χ0v) is 8.80. The van der Waals surface area contributed by atoms with Crippen LogP contribution in [0, 0.1) is 0 Å². The molecule has 0 aliphatic heterocycles. The molecule has 0 spiro atoms. The SMILES string of the molecule is COc1nn(C)cc1C(=O)Nc1cnoc1. The molecule has 0 bridgehead atoms. The van der Waals surface area contributed by atoms with Crippen LogP contribution in [0.5, 0.6) is 5.88 Å². The normalized spacial score (nSPS) is 10.1. The Balaban J connectivity index is 2.20. The first-order chi connectivity index (χ1) is 7.70. The average Bonchev–Trinajstić information content (AvgIpc) is 2.86. The number of anilines is 1. The van der Waals surface area contributed by atoms with E-state index >= 15 is 0 Å². The number of nitrogens with one attached hydrogen (secondary N) is 1. The lowest BCUT2D eigenvalue weighted by Crippen LogP contribution is -2.11. The van der Waals surface area contributed by atoms with E-state index in [1.807, 2.05) is 0 Å². The van der Waals surface area contributed by atoms with Crippen LogP contribution in [-0.2, 0) is 7.05 Å². The van der Waals surface area contributed by atoms with Crippen LogP contribution in [0.25, 0.3) is 0 Å². The molecule has 7 nitrogen and oxygen atoms in total. The molecule has 16 heavy (non-hydrogen) atoms. The number of ether oxygens (including phenoxy) is 1. The van der Waals surface area contributed by atoms with Crippen LogP contribution < -0.4 is 10.1 Å². The Bertz CT molecular complexity index is 489. The van der Waals surface area contributed by atoms with E-state index in [4.69, 9.17) is 4.74 Å². The molecule has 7 heteroatoms. The van der Waals surface area contributed by atoms with Crippen molar-refractivity contribution in [2.75, 3.05) is 12.4 Å². The van der Waals surface area contributed by atoms with E-state index in [9.17, 15) is 4.79 Å². The van der Waals surface area contributed by atoms with Crippen molar-refractivity contribution in [1.82, 2.24) is 14.9 Å². The van der Waals surface area contributed by atoms with E-state index in [1.54, 1.807) is 13.2 Å². The molecule has 0 saturated heterocycles. The summed E-state index contributed by atoms with van der Waals surface area (Å²) in [5.74, 6) is -0.0513. The topological polar surface area (TPSA) is 82.2 Å². The minimum Gasteiger partial charge on any atom is -0.479 e. The van der Waals surface area contributed by atoms with E-state index in [1.165, 1.54) is 24.3 Å². The molecule has 0 aliphatic rings. The fourth-order valence-corrected chi connectivity index (χ4v) is 1.24. The van der Waals surface area contributed by atoms with E-state index in [0.29, 0.717) is 11.3 Å². The van der Waals surface area contributed by atoms with Crippen LogP contribution in [0.1, 0.15) is 10.4 Å². The number of nitrogens with zero attached hydrogens (tertiary/aromatic N) is 3. The summed E-state index contributed by atoms with van der Waals surface area (Å²) >= 11 is 0. The van der Waals surface area contributed by atoms with Crippen molar-refractivity contribution in [2.45, 2.75) is 0 Å². The van der Waals surface area contributed by atoms with Crippen molar-refractivity contribution >= 4 is 11.6 Å². The van der Waals surface area contributed by atoms with Crippen molar-refractivity contribution in [1.29, 1.82) is 0 Å². The summed E-state index contributed by atoms with van der Waals surface area (Å²) in [6.07, 6.45) is 4.31. The quantitative estimate of drug-likeness (QED) is 0.825. The lowest BCUT2D eigenvalue weighted by atomic mass is 10.3. The number of amides is 1. The summed E-state index contributed by atoms with van der Waals surface area (Å²) < 4.78 is 11.1. The second-order valence-electron chi connectivity index (χ2n) is 3.09. The Hall–Kier alpha value is -2.31. The van der Waals surface area contributed by atoms with Gasteiger partial charge in [0.25, 0.3) is 5.91 Å². The van der Waals surface area contributed by atoms with Gasteiger partial charge in [-0.1, -0.05) is 5.16 Å². The number of carbonyl (C=O) groups excluding carboxylic acids is 1. The molecule has 0 atom stereocenters. The molecule has 1 N–H and O–H groups in total. The Morgan fingerprint density at radius 3 is 3.06 bits per heavy atom. The van der Waals surface area contributed by atoms with Crippen LogP contribution in [0.4, 0.5) is 5.69 Å². The predicted octanol–water partition coefficient (Wildman–Crippen LogP) is 0.669. The molecular weight excluding hydrogens is 212 g/mol. The van der Waals surface area contributed by atoms with Crippen LogP contribution in [0.3, 0.4) is 0 Å². The summed E-state index contributed by atoms with van der Waals surface area (Å²) in [4.78, 5) is 11.8. The largest absolute Gasteiger partial charge is 0.479 e. The maximum absolute atomic E-state index is 11.8. The Labute approximate surface area is 91.0 Å². The Morgan fingerprint density at radius 2 is 2.44 bits per heavy atom. The van der Waals surface area contributed by atoms with E-state index in [2.05, 4.69) is 20.1 Å². The molecule has 0 fully saturated rings. The van der Waals surface area contributed by atoms with Crippen molar-refractivity contribution in [3.05, 3.63) is 24.2 Å². The summed E-state index contributed by atoms with van der Waals surface area (Å²) in [5.41, 5.74) is 0.835. The highest BCUT2D eigenvalue weighted by Crippen LogP contribution is 2.16. The third-order valence-corrected chi connectivity index (χ3v) is 1.92. The van der Waals surface area contributed by atoms with Crippen molar-refractivity contribution in [3.8, 4) is 5.88 Å². The Morgan fingerprint density at radius 1 is 1.62 bits per heavy atom. The number of aryl methyl sites for hydroxylation is 1. The average molecular weight is 222 g/mol. The highest BCUT2D eigenvalue weighted by Gasteiger charge is 2.16. The van der Waals surface area contributed by atoms with Gasteiger partial charge >= 0.3 is 0 Å². The van der Waals surface area contributed by atoms with Gasteiger partial charge in [0.15, 0.2) is 0 Å². The molecule has 0 saturated carbocycles. The maximum atomic E-state index is 11.8. The van der Waals surface area contributed by atoms with E-state index in [0.717, 1.165) is 0 Å². The first kappa shape index (κ1) is 10.2. The second kappa shape index (κ2) is 4.05. The standard InChI is InChI=1S/C9H10N4O3/c1-13-4-7(9(12-13)15-2)8(14)11-6-3-10-16-5-6/h3-5H,1-2H3,(H,11,14). The van der Waals surface area contributed by atoms with Crippen molar-refractivity contribution < 1.29 is 14.1 Å². The molecule has 0 aliphatic carbocycles. The molecule has 2 rings (SSSR count). The minimum absolute atomic E-state index is 0.274. The number of hydrogen-bond donors (Lipinski definition) is 1. The minimum atomic E-state index is -0.326. The van der Waals surface area contributed by atoms with Crippen molar-refractivity contribution in [3.63, 3.8) is 0 Å². The van der Waals surface area contributed by atoms with Gasteiger partial charge in [0.05, 0.1) is 13.3 Å². The third kappa shape index (κ3) is 1.88. The molecule has 2 aromatic rings. The second-order valence-corrected chi connectivity index (χ2v) is 3.09. The van der Waals surface area contributed by atoms with E-state index < -0.39 is 0 Å². The number of hydrogen-bond acceptors (Lipinski definition) is 5. The summed E-state index contributed by atoms with van der Waals surface area (Å²) in [7, 11) is 3.16. The molecule has 0 radical (unpaired) electrons. The first-order valence-corrected chi connectivity index (χ1v) is 4.49. The van der Waals surface area contributed by atoms with Gasteiger partial charge in [-0.05, 0) is 0 Å². The van der Waals surface area contributed by atoms with Crippen LogP contribution >= 0.6 is 0 Å². The molecule has 0 unspecified atom stereocenters. The number of rotatable bonds is 3. The predicted molar refractivity (Wildman–Crippen MR) is 54.2 cm³/mol. The zero-order chi connectivity index (χ0) is 11.5. The highest BCUT2D eigenvalue weighted by molar-refractivity contribution is 6.05. The Kier molecular flexibility index (Phi) is 2.59. The molecule has 84 valence electrons. The van der Waals surface area contributed by atoms with Gasteiger partial charge in [-0.3, -0.25) is 9.48 Å². The fraction of sp³-hybridized carbons (Fsp3) is 0.222. The highest BCUT2D eigenvalue weighted by atomic mass is 16.5. The smallest absolute Gasteiger partial charge is 0.262 e. The molecule has 0 aromatic carbocycles. The summed E-state index contributed by atoms with van der Waals surface area (Å²) in [5, 5.41) is 10.0. The first-order valence-electron chi connectivity index (χ1n) is 4.49. The van der Waals surface area contributed by atoms with Crippen LogP contribution in [0.2, 0.25) is 0 Å². The molecule has 2 heterocycles. The van der Waals surface area contributed by atoms with Gasteiger partial charge in [0, 0.05) is 13.2 Å². The number of methoxy groups -OCH3 is 1. The van der Waals surface area contributed by atoms with Gasteiger partial charge in [-0.2, -0.15) is 0 Å². The van der Waals surface area contributed by atoms with Gasteiger partial charge in [0.2, 0.25) is 5.88 Å². The monoisotopic (exact) mass is 222 g/mol. The number of carbonyl (C=O) groups is 1. The number of aromatic nitrogens is 3.